The summed E-state index contributed by atoms with van der Waals surface area (Å²) in [4.78, 5) is 14.5. The van der Waals surface area contributed by atoms with E-state index >= 15 is 0 Å². The molecule has 0 atom stereocenters. The second kappa shape index (κ2) is 5.52. The van der Waals surface area contributed by atoms with Crippen molar-refractivity contribution in [3.8, 4) is 5.75 Å². The molecule has 102 valence electrons. The van der Waals surface area contributed by atoms with Crippen molar-refractivity contribution in [1.29, 1.82) is 0 Å². The van der Waals surface area contributed by atoms with Crippen molar-refractivity contribution in [2.45, 2.75) is 13.8 Å². The molecular formula is C15H14N2O3. The molecule has 5 nitrogen and oxygen atoms in total. The van der Waals surface area contributed by atoms with Gasteiger partial charge in [0.1, 0.15) is 0 Å². The van der Waals surface area contributed by atoms with E-state index in [-0.39, 0.29) is 11.4 Å². The molecule has 0 aromatic heterocycles. The molecule has 1 N–H and O–H groups in total. The normalized spacial score (nSPS) is 10.9. The van der Waals surface area contributed by atoms with Crippen LogP contribution in [0.1, 0.15) is 16.7 Å². The van der Waals surface area contributed by atoms with Gasteiger partial charge in [0, 0.05) is 12.3 Å². The summed E-state index contributed by atoms with van der Waals surface area (Å²) < 4.78 is 0. The fourth-order valence-corrected chi connectivity index (χ4v) is 1.79. The molecule has 0 amide bonds. The van der Waals surface area contributed by atoms with E-state index in [0.717, 1.165) is 16.8 Å². The topological polar surface area (TPSA) is 75.7 Å². The molecule has 0 aliphatic rings. The standard InChI is InChI=1S/C15H14N2O3/c1-10-4-3-5-13(11(10)2)16-9-12-6-7-15(18)14(8-12)17(19)20/h3-9,18H,1-2H3. The maximum absolute atomic E-state index is 10.7. The van der Waals surface area contributed by atoms with Gasteiger partial charge in [-0.3, -0.25) is 15.1 Å². The van der Waals surface area contributed by atoms with E-state index in [0.29, 0.717) is 5.56 Å². The molecular weight excluding hydrogens is 256 g/mol. The smallest absolute Gasteiger partial charge is 0.311 e. The zero-order valence-electron chi connectivity index (χ0n) is 11.2. The highest BCUT2D eigenvalue weighted by molar-refractivity contribution is 5.84. The minimum Gasteiger partial charge on any atom is -0.502 e. The molecule has 0 aliphatic carbocycles. The van der Waals surface area contributed by atoms with E-state index < -0.39 is 4.92 Å². The van der Waals surface area contributed by atoms with Crippen LogP contribution in [0.15, 0.2) is 41.4 Å². The van der Waals surface area contributed by atoms with Crippen LogP contribution in [0.3, 0.4) is 0 Å². The molecule has 0 radical (unpaired) electrons. The van der Waals surface area contributed by atoms with Crippen molar-refractivity contribution in [2.75, 3.05) is 0 Å². The van der Waals surface area contributed by atoms with Crippen LogP contribution in [0.25, 0.3) is 0 Å². The first-order valence-electron chi connectivity index (χ1n) is 6.06. The quantitative estimate of drug-likeness (QED) is 0.525. The highest BCUT2D eigenvalue weighted by atomic mass is 16.6. The lowest BCUT2D eigenvalue weighted by Crippen LogP contribution is -1.91. The molecule has 2 rings (SSSR count). The van der Waals surface area contributed by atoms with Crippen LogP contribution in [-0.4, -0.2) is 16.2 Å². The first-order valence-corrected chi connectivity index (χ1v) is 6.06. The Hall–Kier alpha value is -2.69. The Balaban J connectivity index is 2.34. The van der Waals surface area contributed by atoms with Gasteiger partial charge in [-0.05, 0) is 48.7 Å². The van der Waals surface area contributed by atoms with Gasteiger partial charge in [0.05, 0.1) is 10.6 Å². The average Bonchev–Trinajstić information content (AvgIpc) is 2.41. The van der Waals surface area contributed by atoms with E-state index in [1.54, 1.807) is 12.3 Å². The maximum Gasteiger partial charge on any atom is 0.311 e. The van der Waals surface area contributed by atoms with Crippen molar-refractivity contribution >= 4 is 17.6 Å². The Morgan fingerprint density at radius 3 is 2.70 bits per heavy atom. The van der Waals surface area contributed by atoms with Gasteiger partial charge in [-0.15, -0.1) is 0 Å². The second-order valence-corrected chi connectivity index (χ2v) is 4.48. The first kappa shape index (κ1) is 13.7. The minimum atomic E-state index is -0.620. The van der Waals surface area contributed by atoms with E-state index in [2.05, 4.69) is 4.99 Å². The number of phenols is 1. The number of aryl methyl sites for hydroxylation is 1. The zero-order valence-corrected chi connectivity index (χ0v) is 11.2. The molecule has 2 aromatic rings. The van der Waals surface area contributed by atoms with Crippen molar-refractivity contribution in [1.82, 2.24) is 0 Å². The third kappa shape index (κ3) is 2.83. The van der Waals surface area contributed by atoms with Gasteiger partial charge in [-0.25, -0.2) is 0 Å². The predicted molar refractivity (Wildman–Crippen MR) is 77.9 cm³/mol. The second-order valence-electron chi connectivity index (χ2n) is 4.48. The van der Waals surface area contributed by atoms with Crippen molar-refractivity contribution in [3.63, 3.8) is 0 Å². The zero-order chi connectivity index (χ0) is 14.7. The number of phenolic OH excluding ortho intramolecular Hbond substituents is 1. The predicted octanol–water partition coefficient (Wildman–Crippen LogP) is 3.67. The molecule has 0 fully saturated rings. The summed E-state index contributed by atoms with van der Waals surface area (Å²) in [7, 11) is 0. The number of nitrogens with zero attached hydrogens (tertiary/aromatic N) is 2. The molecule has 0 saturated carbocycles. The summed E-state index contributed by atoms with van der Waals surface area (Å²) in [6, 6.07) is 9.96. The van der Waals surface area contributed by atoms with E-state index in [1.165, 1.54) is 12.1 Å². The number of aromatic hydroxyl groups is 1. The average molecular weight is 270 g/mol. The largest absolute Gasteiger partial charge is 0.502 e. The Morgan fingerprint density at radius 1 is 1.25 bits per heavy atom. The van der Waals surface area contributed by atoms with Crippen molar-refractivity contribution in [2.24, 2.45) is 4.99 Å². The van der Waals surface area contributed by atoms with Crippen LogP contribution >= 0.6 is 0 Å². The molecule has 0 heterocycles. The van der Waals surface area contributed by atoms with Gasteiger partial charge in [-0.1, -0.05) is 12.1 Å². The fraction of sp³-hybridized carbons (Fsp3) is 0.133. The molecule has 0 aliphatic heterocycles. The van der Waals surface area contributed by atoms with Gasteiger partial charge >= 0.3 is 5.69 Å². The highest BCUT2D eigenvalue weighted by Gasteiger charge is 2.12. The number of benzene rings is 2. The molecule has 5 heteroatoms. The third-order valence-electron chi connectivity index (χ3n) is 3.12. The number of rotatable bonds is 3. The summed E-state index contributed by atoms with van der Waals surface area (Å²) in [6.07, 6.45) is 1.55. The monoisotopic (exact) mass is 270 g/mol. The number of nitro groups is 1. The number of nitro benzene ring substituents is 1. The summed E-state index contributed by atoms with van der Waals surface area (Å²) in [6.45, 7) is 3.97. The number of hydrogen-bond donors (Lipinski definition) is 1. The van der Waals surface area contributed by atoms with Gasteiger partial charge in [-0.2, -0.15) is 0 Å². The lowest BCUT2D eigenvalue weighted by atomic mass is 10.1. The van der Waals surface area contributed by atoms with Crippen LogP contribution < -0.4 is 0 Å². The molecule has 0 spiro atoms. The summed E-state index contributed by atoms with van der Waals surface area (Å²) in [5.74, 6) is -0.348. The fourth-order valence-electron chi connectivity index (χ4n) is 1.79. The molecule has 20 heavy (non-hydrogen) atoms. The van der Waals surface area contributed by atoms with Gasteiger partial charge in [0.2, 0.25) is 0 Å². The Kier molecular flexibility index (Phi) is 3.79. The van der Waals surface area contributed by atoms with E-state index in [9.17, 15) is 15.2 Å². The molecule has 0 unspecified atom stereocenters. The van der Waals surface area contributed by atoms with Crippen molar-refractivity contribution in [3.05, 3.63) is 63.2 Å². The summed E-state index contributed by atoms with van der Waals surface area (Å²) in [5, 5.41) is 20.1. The van der Waals surface area contributed by atoms with Crippen LogP contribution in [0, 0.1) is 24.0 Å². The van der Waals surface area contributed by atoms with Gasteiger partial charge in [0.25, 0.3) is 0 Å². The summed E-state index contributed by atoms with van der Waals surface area (Å²) >= 11 is 0. The van der Waals surface area contributed by atoms with E-state index in [4.69, 9.17) is 0 Å². The maximum atomic E-state index is 10.7. The Morgan fingerprint density at radius 2 is 2.00 bits per heavy atom. The first-order chi connectivity index (χ1) is 9.49. The Labute approximate surface area is 116 Å². The third-order valence-corrected chi connectivity index (χ3v) is 3.12. The SMILES string of the molecule is Cc1cccc(N=Cc2ccc(O)c([N+](=O)[O-])c2)c1C. The van der Waals surface area contributed by atoms with Crippen molar-refractivity contribution < 1.29 is 10.0 Å². The Bertz CT molecular complexity index is 694. The van der Waals surface area contributed by atoms with Crippen LogP contribution in [0.4, 0.5) is 11.4 Å². The molecule has 2 aromatic carbocycles. The highest BCUT2D eigenvalue weighted by Crippen LogP contribution is 2.26. The molecule has 0 bridgehead atoms. The molecule has 0 saturated heterocycles. The lowest BCUT2D eigenvalue weighted by molar-refractivity contribution is -0.385. The van der Waals surface area contributed by atoms with E-state index in [1.807, 2.05) is 32.0 Å². The lowest BCUT2D eigenvalue weighted by Gasteiger charge is -2.03. The van der Waals surface area contributed by atoms with Gasteiger partial charge in [0.15, 0.2) is 5.75 Å². The minimum absolute atomic E-state index is 0.324. The summed E-state index contributed by atoms with van der Waals surface area (Å²) in [5.41, 5.74) is 3.26. The van der Waals surface area contributed by atoms with Crippen LogP contribution in [0.2, 0.25) is 0 Å². The number of aliphatic imine (C=N–C) groups is 1. The van der Waals surface area contributed by atoms with Crippen LogP contribution in [-0.2, 0) is 0 Å². The van der Waals surface area contributed by atoms with Crippen LogP contribution in [0.5, 0.6) is 5.75 Å². The van der Waals surface area contributed by atoms with Gasteiger partial charge < -0.3 is 5.11 Å². The number of hydrogen-bond acceptors (Lipinski definition) is 4.